The fraction of sp³-hybridized carbons (Fsp3) is 0.357. The summed E-state index contributed by atoms with van der Waals surface area (Å²) in [5.41, 5.74) is 3.02. The van der Waals surface area contributed by atoms with Crippen molar-refractivity contribution in [3.8, 4) is 0 Å². The van der Waals surface area contributed by atoms with Crippen molar-refractivity contribution in [3.05, 3.63) is 51.5 Å². The number of hydrogen-bond donors (Lipinski definition) is 1. The molecule has 1 atom stereocenters. The highest BCUT2D eigenvalue weighted by Gasteiger charge is 2.12. The van der Waals surface area contributed by atoms with Gasteiger partial charge in [0.05, 0.1) is 11.8 Å². The molecule has 1 N–H and O–H groups in total. The van der Waals surface area contributed by atoms with Crippen LogP contribution in [-0.2, 0) is 6.42 Å². The topological polar surface area (TPSA) is 33.1 Å². The van der Waals surface area contributed by atoms with Crippen molar-refractivity contribution in [2.24, 2.45) is 0 Å². The fourth-order valence-electron chi connectivity index (χ4n) is 1.95. The molecule has 0 amide bonds. The molecule has 0 saturated heterocycles. The summed E-state index contributed by atoms with van der Waals surface area (Å²) in [7, 11) is 0. The van der Waals surface area contributed by atoms with Gasteiger partial charge in [-0.05, 0) is 49.3 Å². The Bertz CT molecular complexity index is 479. The third kappa shape index (κ3) is 3.14. The van der Waals surface area contributed by atoms with E-state index in [0.29, 0.717) is 0 Å². The van der Waals surface area contributed by atoms with Crippen molar-refractivity contribution in [2.75, 3.05) is 0 Å². The van der Waals surface area contributed by atoms with Crippen LogP contribution in [0.3, 0.4) is 0 Å². The number of hydrogen-bond acceptors (Lipinski definition) is 3. The molecule has 2 aromatic heterocycles. The average Bonchev–Trinajstić information content (AvgIpc) is 2.78. The van der Waals surface area contributed by atoms with E-state index < -0.39 is 6.10 Å². The second-order valence-electron chi connectivity index (χ2n) is 4.35. The number of nitrogens with zero attached hydrogens (tertiary/aromatic N) is 1. The van der Waals surface area contributed by atoms with Gasteiger partial charge in [-0.3, -0.25) is 4.98 Å². The maximum atomic E-state index is 10.1. The van der Waals surface area contributed by atoms with Crippen molar-refractivity contribution in [3.63, 3.8) is 0 Å². The molecular weight excluding hydrogens is 230 g/mol. The first-order chi connectivity index (χ1) is 8.16. The summed E-state index contributed by atoms with van der Waals surface area (Å²) < 4.78 is 0. The smallest absolute Gasteiger partial charge is 0.0965 e. The Kier molecular flexibility index (Phi) is 3.92. The molecule has 0 aromatic carbocycles. The third-order valence-electron chi connectivity index (χ3n) is 2.82. The van der Waals surface area contributed by atoms with Gasteiger partial charge in [-0.15, -0.1) is 11.3 Å². The predicted molar refractivity (Wildman–Crippen MR) is 71.3 cm³/mol. The zero-order chi connectivity index (χ0) is 12.3. The SMILES string of the molecule is Cc1cnc(C(O)CCc2cccs2)c(C)c1. The largest absolute Gasteiger partial charge is 0.387 e. The number of aliphatic hydroxyl groups excluding tert-OH is 1. The van der Waals surface area contributed by atoms with Crippen LogP contribution in [0.5, 0.6) is 0 Å². The Balaban J connectivity index is 2.01. The lowest BCUT2D eigenvalue weighted by atomic mass is 10.0. The summed E-state index contributed by atoms with van der Waals surface area (Å²) in [6.45, 7) is 4.02. The molecule has 0 radical (unpaired) electrons. The molecule has 0 bridgehead atoms. The average molecular weight is 247 g/mol. The van der Waals surface area contributed by atoms with Crippen LogP contribution in [0.25, 0.3) is 0 Å². The summed E-state index contributed by atoms with van der Waals surface area (Å²) in [6, 6.07) is 6.21. The Morgan fingerprint density at radius 3 is 2.88 bits per heavy atom. The Labute approximate surface area is 106 Å². The molecule has 0 aliphatic rings. The summed E-state index contributed by atoms with van der Waals surface area (Å²) in [5, 5.41) is 12.2. The van der Waals surface area contributed by atoms with Gasteiger partial charge in [0.15, 0.2) is 0 Å². The van der Waals surface area contributed by atoms with Gasteiger partial charge in [-0.25, -0.2) is 0 Å². The highest BCUT2D eigenvalue weighted by molar-refractivity contribution is 7.09. The van der Waals surface area contributed by atoms with E-state index in [0.717, 1.165) is 29.7 Å². The van der Waals surface area contributed by atoms with Gasteiger partial charge in [0, 0.05) is 11.1 Å². The second-order valence-corrected chi connectivity index (χ2v) is 5.38. The molecule has 0 saturated carbocycles. The molecule has 2 heterocycles. The molecule has 3 heteroatoms. The monoisotopic (exact) mass is 247 g/mol. The number of thiophene rings is 1. The highest BCUT2D eigenvalue weighted by Crippen LogP contribution is 2.22. The number of aliphatic hydroxyl groups is 1. The van der Waals surface area contributed by atoms with Gasteiger partial charge in [0.2, 0.25) is 0 Å². The first-order valence-corrected chi connectivity index (χ1v) is 6.68. The quantitative estimate of drug-likeness (QED) is 0.898. The lowest BCUT2D eigenvalue weighted by Crippen LogP contribution is -2.04. The minimum atomic E-state index is -0.460. The molecule has 2 aromatic rings. The molecule has 90 valence electrons. The molecule has 2 nitrogen and oxygen atoms in total. The standard InChI is InChI=1S/C14H17NOS/c1-10-8-11(2)14(15-9-10)13(16)6-5-12-4-3-7-17-12/h3-4,7-9,13,16H,5-6H2,1-2H3. The normalized spacial score (nSPS) is 12.6. The maximum absolute atomic E-state index is 10.1. The van der Waals surface area contributed by atoms with E-state index >= 15 is 0 Å². The third-order valence-corrected chi connectivity index (χ3v) is 3.75. The lowest BCUT2D eigenvalue weighted by molar-refractivity contribution is 0.162. The minimum Gasteiger partial charge on any atom is -0.387 e. The van der Waals surface area contributed by atoms with Crippen LogP contribution in [0.2, 0.25) is 0 Å². The van der Waals surface area contributed by atoms with Gasteiger partial charge in [-0.2, -0.15) is 0 Å². The van der Waals surface area contributed by atoms with Gasteiger partial charge < -0.3 is 5.11 Å². The Hall–Kier alpha value is -1.19. The molecule has 2 rings (SSSR count). The van der Waals surface area contributed by atoms with E-state index in [1.165, 1.54) is 4.88 Å². The zero-order valence-corrected chi connectivity index (χ0v) is 11.0. The Morgan fingerprint density at radius 2 is 2.24 bits per heavy atom. The first-order valence-electron chi connectivity index (χ1n) is 5.80. The van der Waals surface area contributed by atoms with E-state index in [2.05, 4.69) is 22.5 Å². The molecule has 0 spiro atoms. The summed E-state index contributed by atoms with van der Waals surface area (Å²) in [4.78, 5) is 5.64. The van der Waals surface area contributed by atoms with Gasteiger partial charge in [-0.1, -0.05) is 12.1 Å². The number of pyridine rings is 1. The maximum Gasteiger partial charge on any atom is 0.0965 e. The molecule has 1 unspecified atom stereocenters. The first kappa shape index (κ1) is 12.3. The summed E-state index contributed by atoms with van der Waals surface area (Å²) in [5.74, 6) is 0. The van der Waals surface area contributed by atoms with E-state index in [4.69, 9.17) is 0 Å². The number of aromatic nitrogens is 1. The van der Waals surface area contributed by atoms with E-state index in [1.54, 1.807) is 11.3 Å². The van der Waals surface area contributed by atoms with Crippen molar-refractivity contribution in [1.82, 2.24) is 4.98 Å². The molecule has 0 aliphatic carbocycles. The minimum absolute atomic E-state index is 0.460. The van der Waals surface area contributed by atoms with Crippen molar-refractivity contribution in [2.45, 2.75) is 32.8 Å². The fourth-order valence-corrected chi connectivity index (χ4v) is 2.67. The van der Waals surface area contributed by atoms with E-state index in [9.17, 15) is 5.11 Å². The highest BCUT2D eigenvalue weighted by atomic mass is 32.1. The zero-order valence-electron chi connectivity index (χ0n) is 10.2. The van der Waals surface area contributed by atoms with Gasteiger partial charge >= 0.3 is 0 Å². The Morgan fingerprint density at radius 1 is 1.41 bits per heavy atom. The summed E-state index contributed by atoms with van der Waals surface area (Å²) in [6.07, 6.45) is 3.00. The van der Waals surface area contributed by atoms with Crippen LogP contribution < -0.4 is 0 Å². The van der Waals surface area contributed by atoms with Gasteiger partial charge in [0.1, 0.15) is 0 Å². The van der Waals surface area contributed by atoms with E-state index in [1.807, 2.05) is 26.1 Å². The van der Waals surface area contributed by atoms with Crippen LogP contribution in [0.4, 0.5) is 0 Å². The van der Waals surface area contributed by atoms with Crippen molar-refractivity contribution >= 4 is 11.3 Å². The molecule has 0 aliphatic heterocycles. The predicted octanol–water partition coefficient (Wildman–Crippen LogP) is 3.43. The lowest BCUT2D eigenvalue weighted by Gasteiger charge is -2.12. The molecule has 0 fully saturated rings. The van der Waals surface area contributed by atoms with Crippen molar-refractivity contribution in [1.29, 1.82) is 0 Å². The van der Waals surface area contributed by atoms with Gasteiger partial charge in [0.25, 0.3) is 0 Å². The van der Waals surface area contributed by atoms with Crippen LogP contribution in [0.15, 0.2) is 29.8 Å². The van der Waals surface area contributed by atoms with E-state index in [-0.39, 0.29) is 0 Å². The number of rotatable bonds is 4. The van der Waals surface area contributed by atoms with Crippen LogP contribution in [0.1, 0.15) is 34.2 Å². The number of aryl methyl sites for hydroxylation is 3. The van der Waals surface area contributed by atoms with Crippen LogP contribution >= 0.6 is 11.3 Å². The summed E-state index contributed by atoms with van der Waals surface area (Å²) >= 11 is 1.74. The van der Waals surface area contributed by atoms with Crippen LogP contribution in [-0.4, -0.2) is 10.1 Å². The molecular formula is C14H17NOS. The molecule has 17 heavy (non-hydrogen) atoms. The van der Waals surface area contributed by atoms with Crippen molar-refractivity contribution < 1.29 is 5.11 Å². The van der Waals surface area contributed by atoms with Crippen LogP contribution in [0, 0.1) is 13.8 Å². The second kappa shape index (κ2) is 5.43.